The van der Waals surface area contributed by atoms with E-state index in [1.807, 2.05) is 5.48 Å². The molecule has 3 rings (SSSR count). The maximum absolute atomic E-state index is 12.9. The van der Waals surface area contributed by atoms with E-state index in [0.29, 0.717) is 23.3 Å². The van der Waals surface area contributed by atoms with E-state index >= 15 is 0 Å². The van der Waals surface area contributed by atoms with Gasteiger partial charge in [0.25, 0.3) is 5.91 Å². The lowest BCUT2D eigenvalue weighted by Crippen LogP contribution is -2.31. The molecule has 3 aromatic rings. The molecule has 3 N–H and O–H groups in total. The number of rotatable bonds is 6. The van der Waals surface area contributed by atoms with Crippen molar-refractivity contribution >= 4 is 29.2 Å². The van der Waals surface area contributed by atoms with E-state index in [9.17, 15) is 22.8 Å². The number of carbonyl (C=O) groups excluding carboxylic acids is 2. The van der Waals surface area contributed by atoms with Gasteiger partial charge in [0.2, 0.25) is 0 Å². The Morgan fingerprint density at radius 2 is 1.67 bits per heavy atom. The number of hydroxylamine groups is 1. The van der Waals surface area contributed by atoms with Crippen molar-refractivity contribution < 1.29 is 32.3 Å². The minimum Gasteiger partial charge on any atom is -0.457 e. The van der Waals surface area contributed by atoms with E-state index < -0.39 is 22.8 Å². The molecule has 0 radical (unpaired) electrons. The smallest absolute Gasteiger partial charge is 0.417 e. The highest BCUT2D eigenvalue weighted by molar-refractivity contribution is 6.31. The Balaban J connectivity index is 1.56. The van der Waals surface area contributed by atoms with Gasteiger partial charge in [-0.25, -0.2) is 4.79 Å². The number of halogens is 4. The van der Waals surface area contributed by atoms with Gasteiger partial charge in [0, 0.05) is 25.0 Å². The van der Waals surface area contributed by atoms with Crippen LogP contribution in [0, 0.1) is 0 Å². The van der Waals surface area contributed by atoms with Gasteiger partial charge in [0.05, 0.1) is 10.6 Å². The number of hydrogen-bond donors (Lipinski definition) is 3. The topological polar surface area (TPSA) is 102 Å². The van der Waals surface area contributed by atoms with Gasteiger partial charge in [-0.15, -0.1) is 0 Å². The Morgan fingerprint density at radius 3 is 2.33 bits per heavy atom. The Labute approximate surface area is 190 Å². The van der Waals surface area contributed by atoms with Crippen molar-refractivity contribution in [3.63, 3.8) is 0 Å². The molecular weight excluding hydrogens is 465 g/mol. The number of ether oxygens (including phenoxy) is 1. The quantitative estimate of drug-likeness (QED) is 0.430. The maximum Gasteiger partial charge on any atom is 0.417 e. The molecule has 33 heavy (non-hydrogen) atoms. The number of nitrogens with zero attached hydrogens (tertiary/aromatic N) is 1. The van der Waals surface area contributed by atoms with E-state index in [2.05, 4.69) is 15.6 Å². The van der Waals surface area contributed by atoms with Crippen LogP contribution >= 0.6 is 11.6 Å². The minimum atomic E-state index is -4.66. The zero-order valence-corrected chi connectivity index (χ0v) is 17.6. The molecule has 0 bridgehead atoms. The van der Waals surface area contributed by atoms with Crippen LogP contribution in [-0.4, -0.2) is 24.0 Å². The Morgan fingerprint density at radius 1 is 0.970 bits per heavy atom. The van der Waals surface area contributed by atoms with Crippen molar-refractivity contribution in [3.05, 3.63) is 77.1 Å². The third-order valence-electron chi connectivity index (χ3n) is 4.04. The molecule has 12 heteroatoms. The van der Waals surface area contributed by atoms with Gasteiger partial charge >= 0.3 is 12.2 Å². The average molecular weight is 481 g/mol. The maximum atomic E-state index is 12.9. The van der Waals surface area contributed by atoms with Gasteiger partial charge < -0.3 is 20.2 Å². The molecule has 1 heterocycles. The first-order chi connectivity index (χ1) is 15.7. The fourth-order valence-electron chi connectivity index (χ4n) is 2.52. The highest BCUT2D eigenvalue weighted by atomic mass is 35.5. The van der Waals surface area contributed by atoms with Gasteiger partial charge in [-0.05, 0) is 48.5 Å². The van der Waals surface area contributed by atoms with E-state index in [4.69, 9.17) is 21.2 Å². The summed E-state index contributed by atoms with van der Waals surface area (Å²) in [5.41, 5.74) is 1.44. The Kier molecular flexibility index (Phi) is 7.23. The van der Waals surface area contributed by atoms with Crippen LogP contribution in [0.1, 0.15) is 16.1 Å². The zero-order valence-electron chi connectivity index (χ0n) is 16.9. The summed E-state index contributed by atoms with van der Waals surface area (Å²) in [7, 11) is 1.49. The first-order valence-electron chi connectivity index (χ1n) is 9.22. The monoisotopic (exact) mass is 480 g/mol. The molecule has 0 atom stereocenters. The number of pyridine rings is 1. The second-order valence-corrected chi connectivity index (χ2v) is 6.79. The third kappa shape index (κ3) is 6.50. The normalized spacial score (nSPS) is 10.8. The number of aromatic nitrogens is 1. The SMILES string of the molecule is CNC(=O)c1cc(Oc2ccc(NC(=O)NOc3ccc(Cl)c(C(F)(F)F)c3)cc2)ccn1. The van der Waals surface area contributed by atoms with Crippen molar-refractivity contribution in [2.75, 3.05) is 12.4 Å². The van der Waals surface area contributed by atoms with Gasteiger partial charge in [0.1, 0.15) is 17.2 Å². The highest BCUT2D eigenvalue weighted by Crippen LogP contribution is 2.36. The van der Waals surface area contributed by atoms with E-state index in [1.165, 1.54) is 37.5 Å². The van der Waals surface area contributed by atoms with Crippen molar-refractivity contribution in [1.29, 1.82) is 0 Å². The van der Waals surface area contributed by atoms with Crippen molar-refractivity contribution in [2.45, 2.75) is 6.18 Å². The summed E-state index contributed by atoms with van der Waals surface area (Å²) >= 11 is 5.54. The van der Waals surface area contributed by atoms with Crippen LogP contribution in [0.25, 0.3) is 0 Å². The summed E-state index contributed by atoms with van der Waals surface area (Å²) < 4.78 is 44.3. The minimum absolute atomic E-state index is 0.188. The highest BCUT2D eigenvalue weighted by Gasteiger charge is 2.33. The molecule has 3 amide bonds. The Bertz CT molecular complexity index is 1160. The number of benzene rings is 2. The largest absolute Gasteiger partial charge is 0.457 e. The van der Waals surface area contributed by atoms with Crippen LogP contribution in [0.15, 0.2) is 60.8 Å². The second-order valence-electron chi connectivity index (χ2n) is 6.38. The number of hydrogen-bond acceptors (Lipinski definition) is 5. The number of carbonyl (C=O) groups is 2. The van der Waals surface area contributed by atoms with E-state index in [0.717, 1.165) is 6.07 Å². The van der Waals surface area contributed by atoms with E-state index in [1.54, 1.807) is 18.2 Å². The summed E-state index contributed by atoms with van der Waals surface area (Å²) in [6, 6.07) is 11.3. The van der Waals surface area contributed by atoms with Gasteiger partial charge in [0.15, 0.2) is 5.75 Å². The summed E-state index contributed by atoms with van der Waals surface area (Å²) in [5, 5.41) is 4.42. The molecule has 8 nitrogen and oxygen atoms in total. The van der Waals surface area contributed by atoms with Crippen LogP contribution in [0.5, 0.6) is 17.2 Å². The summed E-state index contributed by atoms with van der Waals surface area (Å²) in [6.45, 7) is 0. The lowest BCUT2D eigenvalue weighted by molar-refractivity contribution is -0.137. The summed E-state index contributed by atoms with van der Waals surface area (Å²) in [4.78, 5) is 32.4. The zero-order chi connectivity index (χ0) is 24.0. The van der Waals surface area contributed by atoms with Gasteiger partial charge in [-0.3, -0.25) is 9.78 Å². The van der Waals surface area contributed by atoms with Crippen LogP contribution in [0.3, 0.4) is 0 Å². The molecular formula is C21H16ClF3N4O4. The third-order valence-corrected chi connectivity index (χ3v) is 4.37. The number of amides is 3. The second kappa shape index (κ2) is 10.1. The fourth-order valence-corrected chi connectivity index (χ4v) is 2.74. The molecule has 172 valence electrons. The molecule has 2 aromatic carbocycles. The molecule has 0 aliphatic carbocycles. The predicted octanol–water partition coefficient (Wildman–Crippen LogP) is 5.02. The number of alkyl halides is 3. The van der Waals surface area contributed by atoms with E-state index in [-0.39, 0.29) is 17.4 Å². The lowest BCUT2D eigenvalue weighted by atomic mass is 10.2. The molecule has 0 aliphatic heterocycles. The van der Waals surface area contributed by atoms with Gasteiger partial charge in [-0.2, -0.15) is 18.7 Å². The predicted molar refractivity (Wildman–Crippen MR) is 113 cm³/mol. The molecule has 0 unspecified atom stereocenters. The number of urea groups is 1. The summed E-state index contributed by atoms with van der Waals surface area (Å²) in [5.74, 6) is 0.198. The van der Waals surface area contributed by atoms with Crippen molar-refractivity contribution in [2.24, 2.45) is 0 Å². The lowest BCUT2D eigenvalue weighted by Gasteiger charge is -2.12. The standard InChI is InChI=1S/C21H16ClF3N4O4/c1-26-19(30)18-11-14(8-9-27-18)32-13-4-2-12(3-5-13)28-20(31)29-33-15-6-7-17(22)16(10-15)21(23,24)25/h2-11H,1H3,(H,26,30)(H2,28,29,31). The van der Waals surface area contributed by atoms with Crippen molar-refractivity contribution in [3.8, 4) is 17.2 Å². The molecule has 0 saturated carbocycles. The van der Waals surface area contributed by atoms with Gasteiger partial charge in [-0.1, -0.05) is 11.6 Å². The molecule has 0 aliphatic rings. The first kappa shape index (κ1) is 23.7. The molecule has 0 saturated heterocycles. The fraction of sp³-hybridized carbons (Fsp3) is 0.0952. The first-order valence-corrected chi connectivity index (χ1v) is 9.60. The van der Waals surface area contributed by atoms with Crippen LogP contribution in [0.2, 0.25) is 5.02 Å². The molecule has 0 fully saturated rings. The van der Waals surface area contributed by atoms with Crippen LogP contribution in [-0.2, 0) is 6.18 Å². The number of anilines is 1. The molecule has 1 aromatic heterocycles. The van der Waals surface area contributed by atoms with Crippen LogP contribution < -0.4 is 25.7 Å². The average Bonchev–Trinajstić information content (AvgIpc) is 2.78. The van der Waals surface area contributed by atoms with Crippen LogP contribution in [0.4, 0.5) is 23.7 Å². The van der Waals surface area contributed by atoms with Crippen molar-refractivity contribution in [1.82, 2.24) is 15.8 Å². The summed E-state index contributed by atoms with van der Waals surface area (Å²) in [6.07, 6.45) is -3.23. The molecule has 0 spiro atoms. The number of nitrogens with one attached hydrogen (secondary N) is 3. The Hall–Kier alpha value is -3.99.